The summed E-state index contributed by atoms with van der Waals surface area (Å²) in [5, 5.41) is 0. The van der Waals surface area contributed by atoms with Gasteiger partial charge in [-0.2, -0.15) is 0 Å². The first-order chi connectivity index (χ1) is 6.41. The van der Waals surface area contributed by atoms with Crippen LogP contribution in [0.5, 0.6) is 0 Å². The zero-order chi connectivity index (χ0) is 10.8. The van der Waals surface area contributed by atoms with E-state index in [1.54, 1.807) is 12.3 Å². The second-order valence-corrected chi connectivity index (χ2v) is 3.53. The molecule has 78 valence electrons. The summed E-state index contributed by atoms with van der Waals surface area (Å²) in [6, 6.07) is 2.44. The zero-order valence-corrected chi connectivity index (χ0v) is 8.30. The highest BCUT2D eigenvalue weighted by atomic mass is 19.3. The summed E-state index contributed by atoms with van der Waals surface area (Å²) in [5.74, 6) is -2.86. The van der Waals surface area contributed by atoms with Gasteiger partial charge in [-0.3, -0.25) is 4.98 Å². The zero-order valence-electron chi connectivity index (χ0n) is 8.30. The van der Waals surface area contributed by atoms with Crippen molar-refractivity contribution in [3.05, 3.63) is 29.6 Å². The summed E-state index contributed by atoms with van der Waals surface area (Å²) in [5.41, 5.74) is 6.90. The Morgan fingerprint density at radius 3 is 2.71 bits per heavy atom. The van der Waals surface area contributed by atoms with Gasteiger partial charge in [-0.25, -0.2) is 8.78 Å². The molecule has 1 rings (SSSR count). The van der Waals surface area contributed by atoms with E-state index in [-0.39, 0.29) is 6.42 Å². The lowest BCUT2D eigenvalue weighted by atomic mass is 10.0. The molecule has 0 amide bonds. The Kier molecular flexibility index (Phi) is 3.16. The van der Waals surface area contributed by atoms with E-state index in [0.717, 1.165) is 12.5 Å². The Morgan fingerprint density at radius 2 is 2.21 bits per heavy atom. The summed E-state index contributed by atoms with van der Waals surface area (Å²) < 4.78 is 25.6. The van der Waals surface area contributed by atoms with Crippen molar-refractivity contribution in [3.63, 3.8) is 0 Å². The molecule has 2 nitrogen and oxygen atoms in total. The first-order valence-corrected chi connectivity index (χ1v) is 4.45. The van der Waals surface area contributed by atoms with Crippen LogP contribution in [0.1, 0.15) is 18.2 Å². The highest BCUT2D eigenvalue weighted by Gasteiger charge is 2.31. The van der Waals surface area contributed by atoms with Crippen LogP contribution in [0.15, 0.2) is 18.3 Å². The normalized spacial score (nSPS) is 14.1. The Balaban J connectivity index is 2.75. The molecule has 1 heterocycles. The summed E-state index contributed by atoms with van der Waals surface area (Å²) in [6.45, 7) is 2.67. The molecule has 0 radical (unpaired) electrons. The number of aromatic nitrogens is 1. The van der Waals surface area contributed by atoms with Gasteiger partial charge in [0.25, 0.3) is 5.92 Å². The number of hydrogen-bond acceptors (Lipinski definition) is 2. The van der Waals surface area contributed by atoms with Crippen LogP contribution < -0.4 is 5.73 Å². The molecule has 1 aromatic heterocycles. The Labute approximate surface area is 82.1 Å². The van der Waals surface area contributed by atoms with Gasteiger partial charge in [-0.05, 0) is 18.6 Å². The fourth-order valence-corrected chi connectivity index (χ4v) is 1.12. The molecule has 0 saturated carbocycles. The third kappa shape index (κ3) is 2.73. The lowest BCUT2D eigenvalue weighted by molar-refractivity contribution is -0.00544. The van der Waals surface area contributed by atoms with Gasteiger partial charge in [0.05, 0.1) is 6.04 Å². The van der Waals surface area contributed by atoms with Crippen LogP contribution in [0.4, 0.5) is 8.78 Å². The molecule has 4 heteroatoms. The average molecular weight is 200 g/mol. The van der Waals surface area contributed by atoms with Gasteiger partial charge in [0.2, 0.25) is 0 Å². The number of nitrogens with two attached hydrogens (primary N) is 1. The van der Waals surface area contributed by atoms with Crippen molar-refractivity contribution in [1.82, 2.24) is 4.98 Å². The third-order valence-electron chi connectivity index (χ3n) is 2.18. The van der Waals surface area contributed by atoms with Crippen molar-refractivity contribution in [2.45, 2.75) is 32.2 Å². The third-order valence-corrected chi connectivity index (χ3v) is 2.18. The Bertz CT molecular complexity index is 307. The highest BCUT2D eigenvalue weighted by Crippen LogP contribution is 2.19. The second-order valence-electron chi connectivity index (χ2n) is 3.53. The molecule has 0 fully saturated rings. The van der Waals surface area contributed by atoms with Crippen molar-refractivity contribution in [2.75, 3.05) is 0 Å². The van der Waals surface area contributed by atoms with Gasteiger partial charge in [0, 0.05) is 25.2 Å². The number of hydrogen-bond donors (Lipinski definition) is 1. The van der Waals surface area contributed by atoms with Gasteiger partial charge in [0.15, 0.2) is 0 Å². The average Bonchev–Trinajstić information content (AvgIpc) is 2.07. The van der Waals surface area contributed by atoms with E-state index in [1.807, 2.05) is 13.0 Å². The van der Waals surface area contributed by atoms with Gasteiger partial charge in [-0.15, -0.1) is 0 Å². The van der Waals surface area contributed by atoms with E-state index in [1.165, 1.54) is 0 Å². The summed E-state index contributed by atoms with van der Waals surface area (Å²) in [7, 11) is 0. The molecule has 0 aliphatic rings. The molecule has 0 aliphatic carbocycles. The van der Waals surface area contributed by atoms with Crippen LogP contribution in [0.2, 0.25) is 0 Å². The first-order valence-electron chi connectivity index (χ1n) is 4.45. The fourth-order valence-electron chi connectivity index (χ4n) is 1.12. The molecule has 2 N–H and O–H groups in total. The maximum atomic E-state index is 12.8. The van der Waals surface area contributed by atoms with Gasteiger partial charge in [0.1, 0.15) is 0 Å². The number of halogens is 2. The predicted octanol–water partition coefficient (Wildman–Crippen LogP) is 1.92. The second kappa shape index (κ2) is 4.00. The smallest absolute Gasteiger partial charge is 0.260 e. The van der Waals surface area contributed by atoms with Gasteiger partial charge < -0.3 is 5.73 Å². The minimum absolute atomic E-state index is 0.107. The number of aryl methyl sites for hydroxylation is 1. The summed E-state index contributed by atoms with van der Waals surface area (Å²) in [4.78, 5) is 4.02. The molecular weight excluding hydrogens is 186 g/mol. The molecule has 0 bridgehead atoms. The van der Waals surface area contributed by atoms with Crippen LogP contribution >= 0.6 is 0 Å². The van der Waals surface area contributed by atoms with E-state index in [2.05, 4.69) is 4.98 Å². The van der Waals surface area contributed by atoms with Crippen LogP contribution in [0.3, 0.4) is 0 Å². The highest BCUT2D eigenvalue weighted by molar-refractivity contribution is 5.18. The fraction of sp³-hybridized carbons (Fsp3) is 0.500. The van der Waals surface area contributed by atoms with E-state index in [4.69, 9.17) is 5.73 Å². The maximum absolute atomic E-state index is 12.8. The largest absolute Gasteiger partial charge is 0.322 e. The minimum Gasteiger partial charge on any atom is -0.322 e. The van der Waals surface area contributed by atoms with Gasteiger partial charge >= 0.3 is 0 Å². The van der Waals surface area contributed by atoms with E-state index >= 15 is 0 Å². The predicted molar refractivity (Wildman–Crippen MR) is 51.3 cm³/mol. The summed E-state index contributed by atoms with van der Waals surface area (Å²) >= 11 is 0. The number of rotatable bonds is 3. The lowest BCUT2D eigenvalue weighted by Gasteiger charge is -2.19. The Morgan fingerprint density at radius 1 is 1.57 bits per heavy atom. The number of nitrogens with zero attached hydrogens (tertiary/aromatic N) is 1. The van der Waals surface area contributed by atoms with Crippen molar-refractivity contribution in [2.24, 2.45) is 5.73 Å². The van der Waals surface area contributed by atoms with Crippen molar-refractivity contribution in [3.8, 4) is 0 Å². The number of alkyl halides is 2. The molecule has 1 atom stereocenters. The van der Waals surface area contributed by atoms with Crippen LogP contribution in [0.25, 0.3) is 0 Å². The molecule has 0 aromatic carbocycles. The van der Waals surface area contributed by atoms with Crippen molar-refractivity contribution < 1.29 is 8.78 Å². The standard InChI is InChI=1S/C10H14F2N2/c1-7-4-3-5-14-8(7)6-9(13)10(2,11)12/h3-5,9H,6,13H2,1-2H3. The number of pyridine rings is 1. The molecule has 0 aliphatic heterocycles. The minimum atomic E-state index is -2.86. The van der Waals surface area contributed by atoms with E-state index in [9.17, 15) is 8.78 Å². The monoisotopic (exact) mass is 200 g/mol. The topological polar surface area (TPSA) is 38.9 Å². The van der Waals surface area contributed by atoms with E-state index < -0.39 is 12.0 Å². The van der Waals surface area contributed by atoms with Crippen LogP contribution in [-0.2, 0) is 6.42 Å². The van der Waals surface area contributed by atoms with E-state index in [0.29, 0.717) is 5.69 Å². The maximum Gasteiger partial charge on any atom is 0.260 e. The molecule has 14 heavy (non-hydrogen) atoms. The van der Waals surface area contributed by atoms with Crippen LogP contribution in [0, 0.1) is 6.92 Å². The Hall–Kier alpha value is -1.03. The van der Waals surface area contributed by atoms with Crippen molar-refractivity contribution in [1.29, 1.82) is 0 Å². The van der Waals surface area contributed by atoms with Gasteiger partial charge in [-0.1, -0.05) is 6.07 Å². The molecule has 0 saturated heterocycles. The molecule has 1 aromatic rings. The molecular formula is C10H14F2N2. The SMILES string of the molecule is Cc1cccnc1CC(N)C(C)(F)F. The lowest BCUT2D eigenvalue weighted by Crippen LogP contribution is -2.40. The van der Waals surface area contributed by atoms with Crippen molar-refractivity contribution >= 4 is 0 Å². The molecule has 0 spiro atoms. The first kappa shape index (κ1) is 11.0. The van der Waals surface area contributed by atoms with Crippen LogP contribution in [-0.4, -0.2) is 16.9 Å². The summed E-state index contributed by atoms with van der Waals surface area (Å²) in [6.07, 6.45) is 1.69. The quantitative estimate of drug-likeness (QED) is 0.809. The molecule has 1 unspecified atom stereocenters.